The average Bonchev–Trinajstić information content (AvgIpc) is 3.44. The summed E-state index contributed by atoms with van der Waals surface area (Å²) in [6.07, 6.45) is 1.49. The van der Waals surface area contributed by atoms with Crippen molar-refractivity contribution in [3.8, 4) is 17.3 Å². The van der Waals surface area contributed by atoms with E-state index >= 15 is 0 Å². The molecule has 0 radical (unpaired) electrons. The second-order valence-electron chi connectivity index (χ2n) is 7.60. The van der Waals surface area contributed by atoms with E-state index in [-0.39, 0.29) is 24.5 Å². The smallest absolute Gasteiger partial charge is 0.307 e. The maximum atomic E-state index is 14.8. The summed E-state index contributed by atoms with van der Waals surface area (Å²) < 4.78 is 30.4. The van der Waals surface area contributed by atoms with Crippen molar-refractivity contribution in [2.24, 2.45) is 0 Å². The molecule has 2 heterocycles. The number of hydrogen-bond acceptors (Lipinski definition) is 5. The molecule has 0 saturated carbocycles. The first-order valence-corrected chi connectivity index (χ1v) is 10.7. The normalized spacial score (nSPS) is 13.6. The SMILES string of the molecule is Cc1nc[n+](C[C@](O)(c2cc(F)ccc2F)[C@@H](C)c2nc(-c3ccc(C#N)cc3)cs2)[nH]1.[Cl-]. The lowest BCUT2D eigenvalue weighted by Gasteiger charge is -2.32. The van der Waals surface area contributed by atoms with Crippen molar-refractivity contribution in [1.29, 1.82) is 5.26 Å². The number of H-pyrrole nitrogens is 1. The van der Waals surface area contributed by atoms with E-state index in [2.05, 4.69) is 21.1 Å². The third-order valence-electron chi connectivity index (χ3n) is 5.42. The first kappa shape index (κ1) is 24.5. The maximum Gasteiger partial charge on any atom is 0.307 e. The fourth-order valence-electron chi connectivity index (χ4n) is 3.59. The molecule has 33 heavy (non-hydrogen) atoms. The molecule has 6 nitrogen and oxygen atoms in total. The number of aliphatic hydroxyl groups is 1. The van der Waals surface area contributed by atoms with Crippen LogP contribution < -0.4 is 17.1 Å². The molecule has 0 aliphatic carbocycles. The molecule has 2 aromatic heterocycles. The van der Waals surface area contributed by atoms with Crippen molar-refractivity contribution in [3.63, 3.8) is 0 Å². The molecule has 0 spiro atoms. The van der Waals surface area contributed by atoms with E-state index in [1.54, 1.807) is 38.1 Å². The van der Waals surface area contributed by atoms with E-state index in [0.717, 1.165) is 23.8 Å². The van der Waals surface area contributed by atoms with Crippen LogP contribution in [-0.4, -0.2) is 20.2 Å². The third kappa shape index (κ3) is 4.93. The Morgan fingerprint density at radius 1 is 1.24 bits per heavy atom. The number of aromatic nitrogens is 4. The molecule has 10 heteroatoms. The minimum Gasteiger partial charge on any atom is -1.00 e. The number of rotatable bonds is 6. The molecule has 0 bridgehead atoms. The van der Waals surface area contributed by atoms with Crippen LogP contribution >= 0.6 is 11.3 Å². The molecule has 0 fully saturated rings. The molecule has 0 amide bonds. The van der Waals surface area contributed by atoms with Crippen molar-refractivity contribution in [3.05, 3.63) is 87.8 Å². The predicted octanol–water partition coefficient (Wildman–Crippen LogP) is 0.974. The lowest BCUT2D eigenvalue weighted by Crippen LogP contribution is -3.00. The Morgan fingerprint density at radius 2 is 1.97 bits per heavy atom. The summed E-state index contributed by atoms with van der Waals surface area (Å²) in [6.45, 7) is 3.41. The van der Waals surface area contributed by atoms with Gasteiger partial charge in [0.05, 0.1) is 22.3 Å². The van der Waals surface area contributed by atoms with E-state index in [1.165, 1.54) is 22.3 Å². The van der Waals surface area contributed by atoms with Crippen LogP contribution in [0.4, 0.5) is 8.78 Å². The highest BCUT2D eigenvalue weighted by molar-refractivity contribution is 7.10. The van der Waals surface area contributed by atoms with Gasteiger partial charge in [-0.3, -0.25) is 0 Å². The van der Waals surface area contributed by atoms with Gasteiger partial charge in [0, 0.05) is 29.3 Å². The molecule has 0 saturated heterocycles. The molecule has 170 valence electrons. The number of hydrogen-bond donors (Lipinski definition) is 2. The molecule has 2 N–H and O–H groups in total. The van der Waals surface area contributed by atoms with Crippen LogP contribution in [0.25, 0.3) is 11.3 Å². The summed E-state index contributed by atoms with van der Waals surface area (Å²) in [4.78, 5) is 8.77. The fraction of sp³-hybridized carbons (Fsp3) is 0.217. The van der Waals surface area contributed by atoms with Crippen molar-refractivity contribution < 1.29 is 31.0 Å². The number of nitrogens with one attached hydrogen (secondary N) is 1. The van der Waals surface area contributed by atoms with Gasteiger partial charge in [-0.2, -0.15) is 15.0 Å². The van der Waals surface area contributed by atoms with Gasteiger partial charge in [0.15, 0.2) is 0 Å². The molecular weight excluding hydrogens is 468 g/mol. The summed E-state index contributed by atoms with van der Waals surface area (Å²) in [5.74, 6) is -1.40. The van der Waals surface area contributed by atoms with E-state index in [1.807, 2.05) is 5.38 Å². The molecule has 0 aliphatic heterocycles. The Labute approximate surface area is 199 Å². The van der Waals surface area contributed by atoms with E-state index in [9.17, 15) is 13.9 Å². The summed E-state index contributed by atoms with van der Waals surface area (Å²) in [5, 5.41) is 26.1. The number of halogens is 3. The molecule has 0 aliphatic rings. The fourth-order valence-corrected chi connectivity index (χ4v) is 4.56. The van der Waals surface area contributed by atoms with Gasteiger partial charge >= 0.3 is 6.33 Å². The Kier molecular flexibility index (Phi) is 7.22. The van der Waals surface area contributed by atoms with Crippen LogP contribution in [0.2, 0.25) is 0 Å². The molecule has 4 rings (SSSR count). The van der Waals surface area contributed by atoms with Crippen LogP contribution in [0.15, 0.2) is 54.2 Å². The van der Waals surface area contributed by atoms with Crippen molar-refractivity contribution in [1.82, 2.24) is 15.1 Å². The van der Waals surface area contributed by atoms with Gasteiger partial charge in [-0.05, 0) is 35.3 Å². The molecule has 2 atom stereocenters. The van der Waals surface area contributed by atoms with E-state index in [4.69, 9.17) is 5.26 Å². The summed E-state index contributed by atoms with van der Waals surface area (Å²) in [5.41, 5.74) is 0.0711. The summed E-state index contributed by atoms with van der Waals surface area (Å²) >= 11 is 1.32. The first-order chi connectivity index (χ1) is 15.3. The van der Waals surface area contributed by atoms with Gasteiger partial charge in [0.25, 0.3) is 0 Å². The minimum absolute atomic E-state index is 0. The number of nitriles is 1. The zero-order valence-electron chi connectivity index (χ0n) is 17.8. The highest BCUT2D eigenvalue weighted by atomic mass is 35.5. The predicted molar refractivity (Wildman–Crippen MR) is 114 cm³/mol. The number of aromatic amines is 1. The minimum atomic E-state index is -1.81. The summed E-state index contributed by atoms with van der Waals surface area (Å²) in [6, 6.07) is 12.1. The van der Waals surface area contributed by atoms with Crippen LogP contribution in [0, 0.1) is 29.9 Å². The van der Waals surface area contributed by atoms with Crippen molar-refractivity contribution in [2.75, 3.05) is 0 Å². The zero-order valence-corrected chi connectivity index (χ0v) is 19.3. The zero-order chi connectivity index (χ0) is 22.9. The third-order valence-corrected chi connectivity index (χ3v) is 6.45. The Bertz CT molecular complexity index is 1300. The van der Waals surface area contributed by atoms with Crippen LogP contribution in [0.1, 0.15) is 34.8 Å². The van der Waals surface area contributed by atoms with Crippen LogP contribution in [0.5, 0.6) is 0 Å². The lowest BCUT2D eigenvalue weighted by atomic mass is 9.82. The van der Waals surface area contributed by atoms with Gasteiger partial charge in [-0.1, -0.05) is 19.1 Å². The first-order valence-electron chi connectivity index (χ1n) is 9.85. The van der Waals surface area contributed by atoms with Crippen molar-refractivity contribution in [2.45, 2.75) is 31.9 Å². The Morgan fingerprint density at radius 3 is 2.61 bits per heavy atom. The van der Waals surface area contributed by atoms with Crippen LogP contribution in [0.3, 0.4) is 0 Å². The molecule has 0 unspecified atom stereocenters. The number of nitrogens with zero attached hydrogens (tertiary/aromatic N) is 4. The number of thiazole rings is 1. The maximum absolute atomic E-state index is 14.8. The van der Waals surface area contributed by atoms with Crippen LogP contribution in [-0.2, 0) is 12.1 Å². The molecule has 4 aromatic rings. The summed E-state index contributed by atoms with van der Waals surface area (Å²) in [7, 11) is 0. The Hall–Kier alpha value is -3.19. The second-order valence-corrected chi connectivity index (χ2v) is 8.49. The van der Waals surface area contributed by atoms with Gasteiger partial charge in [-0.25, -0.2) is 13.8 Å². The van der Waals surface area contributed by atoms with E-state index < -0.39 is 23.2 Å². The van der Waals surface area contributed by atoms with Crippen molar-refractivity contribution >= 4 is 11.3 Å². The number of aryl methyl sites for hydroxylation is 1. The monoisotopic (exact) mass is 487 g/mol. The number of benzene rings is 2. The largest absolute Gasteiger partial charge is 1.00 e. The van der Waals surface area contributed by atoms with E-state index in [0.29, 0.717) is 22.1 Å². The highest BCUT2D eigenvalue weighted by Gasteiger charge is 2.43. The lowest BCUT2D eigenvalue weighted by molar-refractivity contribution is -0.765. The highest BCUT2D eigenvalue weighted by Crippen LogP contribution is 2.40. The molecular formula is C23H20ClF2N5OS. The quantitative estimate of drug-likeness (QED) is 0.397. The Balaban J connectivity index is 0.00000306. The molecule has 2 aromatic carbocycles. The van der Waals surface area contributed by atoms with Gasteiger partial charge in [0.1, 0.15) is 23.8 Å². The standard InChI is InChI=1S/C23H19F2N5OS.ClH/c1-14(22-28-21(11-32-22)17-5-3-16(10-26)4-6-17)23(31,12-30-13-27-15(2)29-30)19-9-18(24)7-8-20(19)25;/h3-9,11,13-14,31H,12H2,1-2H3;1H/t14-,23+;/m0./s1. The second kappa shape index (κ2) is 9.75. The average molecular weight is 488 g/mol. The topological polar surface area (TPSA) is 89.5 Å². The van der Waals surface area contributed by atoms with Gasteiger partial charge < -0.3 is 17.5 Å². The van der Waals surface area contributed by atoms with Gasteiger partial charge in [0.2, 0.25) is 5.82 Å². The van der Waals surface area contributed by atoms with Gasteiger partial charge in [-0.15, -0.1) is 11.3 Å².